The second-order valence-corrected chi connectivity index (χ2v) is 15.6. The molecule has 7 N–H and O–H groups in total. The first kappa shape index (κ1) is 38.9. The highest BCUT2D eigenvalue weighted by Gasteiger charge is 2.48. The number of halogens is 1. The predicted molar refractivity (Wildman–Crippen MR) is 189 cm³/mol. The van der Waals surface area contributed by atoms with Crippen molar-refractivity contribution in [1.29, 1.82) is 0 Å². The second kappa shape index (κ2) is 17.5. The van der Waals surface area contributed by atoms with Crippen LogP contribution in [0.4, 0.5) is 4.79 Å². The van der Waals surface area contributed by atoms with E-state index in [1.54, 1.807) is 18.3 Å². The molecule has 15 heteroatoms. The largest absolute Gasteiger partial charge is 0.490 e. The van der Waals surface area contributed by atoms with Gasteiger partial charge in [-0.3, -0.25) is 4.98 Å². The number of carbonyl (C=O) groups is 1. The molecule has 4 atom stereocenters. The van der Waals surface area contributed by atoms with Gasteiger partial charge in [-0.1, -0.05) is 36.2 Å². The second-order valence-electron chi connectivity index (χ2n) is 13.1. The summed E-state index contributed by atoms with van der Waals surface area (Å²) in [4.78, 5) is 16.7. The van der Waals surface area contributed by atoms with Crippen molar-refractivity contribution in [3.63, 3.8) is 0 Å². The fourth-order valence-corrected chi connectivity index (χ4v) is 7.36. The average molecular weight is 748 g/mol. The summed E-state index contributed by atoms with van der Waals surface area (Å²) in [5.74, 6) is 0.712. The van der Waals surface area contributed by atoms with E-state index in [4.69, 9.17) is 26.2 Å². The number of para-hydroxylation sites is 1. The summed E-state index contributed by atoms with van der Waals surface area (Å²) in [6, 6.07) is 12.5. The molecule has 1 unspecified atom stereocenters. The molecule has 2 aliphatic carbocycles. The van der Waals surface area contributed by atoms with Crippen molar-refractivity contribution in [2.75, 3.05) is 25.5 Å². The Hall–Kier alpha value is -3.34. The molecule has 0 aliphatic heterocycles. The molecule has 0 saturated heterocycles. The van der Waals surface area contributed by atoms with Crippen LogP contribution in [0.2, 0.25) is 5.02 Å². The van der Waals surface area contributed by atoms with Crippen molar-refractivity contribution in [2.24, 2.45) is 0 Å². The Kier molecular flexibility index (Phi) is 13.3. The molecule has 2 aromatic carbocycles. The monoisotopic (exact) mass is 747 g/mol. The van der Waals surface area contributed by atoms with Crippen LogP contribution in [-0.4, -0.2) is 101 Å². The van der Waals surface area contributed by atoms with E-state index in [1.165, 1.54) is 6.07 Å². The van der Waals surface area contributed by atoms with Gasteiger partial charge in [0, 0.05) is 35.1 Å². The molecule has 3 aromatic rings. The Morgan fingerprint density at radius 3 is 2.45 bits per heavy atom. The van der Waals surface area contributed by atoms with Gasteiger partial charge in [0.05, 0.1) is 48.2 Å². The van der Waals surface area contributed by atoms with Crippen LogP contribution in [0, 0.1) is 0 Å². The molecule has 2 fully saturated rings. The Balaban J connectivity index is 1.12. The number of nitrogens with zero attached hydrogens (tertiary/aromatic N) is 1. The fourth-order valence-electron chi connectivity index (χ4n) is 5.77. The maximum atomic E-state index is 13.2. The summed E-state index contributed by atoms with van der Waals surface area (Å²) in [7, 11) is -3.65. The molecule has 2 saturated carbocycles. The molecular formula is C36H46ClN3O10S. The van der Waals surface area contributed by atoms with Crippen LogP contribution in [0.1, 0.15) is 56.1 Å². The zero-order chi connectivity index (χ0) is 36.6. The molecule has 5 rings (SSSR count). The first-order valence-corrected chi connectivity index (χ1v) is 19.2. The minimum absolute atomic E-state index is 0.111. The Morgan fingerprint density at radius 1 is 0.980 bits per heavy atom. The quantitative estimate of drug-likeness (QED) is 0.0837. The molecular weight excluding hydrogens is 702 g/mol. The Morgan fingerprint density at radius 2 is 1.75 bits per heavy atom. The van der Waals surface area contributed by atoms with E-state index in [1.807, 2.05) is 36.5 Å². The van der Waals surface area contributed by atoms with Crippen LogP contribution in [0.25, 0.3) is 11.1 Å². The van der Waals surface area contributed by atoms with E-state index in [0.717, 1.165) is 48.1 Å². The normalized spacial score (nSPS) is 17.6. The van der Waals surface area contributed by atoms with Crippen molar-refractivity contribution in [2.45, 2.75) is 92.5 Å². The van der Waals surface area contributed by atoms with Gasteiger partial charge in [-0.15, -0.1) is 0 Å². The van der Waals surface area contributed by atoms with Crippen LogP contribution >= 0.6 is 11.6 Å². The zero-order valence-corrected chi connectivity index (χ0v) is 29.7. The number of aliphatic hydroxyl groups excluding tert-OH is 5. The van der Waals surface area contributed by atoms with Crippen LogP contribution < -0.4 is 15.4 Å². The number of urea groups is 1. The lowest BCUT2D eigenvalue weighted by Crippen LogP contribution is -2.56. The Labute approximate surface area is 302 Å². The highest BCUT2D eigenvalue weighted by atomic mass is 35.5. The van der Waals surface area contributed by atoms with Crippen molar-refractivity contribution in [3.05, 3.63) is 77.1 Å². The number of hydrogen-bond acceptors (Lipinski definition) is 11. The highest BCUT2D eigenvalue weighted by molar-refractivity contribution is 7.91. The number of aromatic nitrogens is 1. The van der Waals surface area contributed by atoms with Gasteiger partial charge in [-0.2, -0.15) is 0 Å². The van der Waals surface area contributed by atoms with E-state index in [0.29, 0.717) is 29.8 Å². The van der Waals surface area contributed by atoms with E-state index in [9.17, 15) is 33.6 Å². The average Bonchev–Trinajstić information content (AvgIpc) is 4.08. The van der Waals surface area contributed by atoms with Crippen molar-refractivity contribution in [1.82, 2.24) is 15.6 Å². The van der Waals surface area contributed by atoms with Crippen LogP contribution in [0.3, 0.4) is 0 Å². The Bertz CT molecular complexity index is 1740. The van der Waals surface area contributed by atoms with Crippen LogP contribution in [0.5, 0.6) is 5.75 Å². The molecule has 0 bridgehead atoms. The number of hydrogen-bond donors (Lipinski definition) is 7. The maximum Gasteiger partial charge on any atom is 0.315 e. The number of rotatable bonds is 20. The molecule has 278 valence electrons. The predicted octanol–water partition coefficient (Wildman–Crippen LogP) is 2.83. The van der Waals surface area contributed by atoms with Gasteiger partial charge in [0.25, 0.3) is 0 Å². The summed E-state index contributed by atoms with van der Waals surface area (Å²) in [6.45, 7) is -1.24. The number of carbonyl (C=O) groups excluding carboxylic acids is 1. The van der Waals surface area contributed by atoms with Gasteiger partial charge >= 0.3 is 6.03 Å². The van der Waals surface area contributed by atoms with Gasteiger partial charge in [0.2, 0.25) is 0 Å². The SMILES string of the molecule is O=C(NCCCCCS(=O)(=O)c1ccc(Cl)c(COC2(c3cnccc3-c3ccccc3OC3CC3)CC2)c1)N[C@@H](CO)C(O)[C@H](O)[C@H](O)CO. The van der Waals surface area contributed by atoms with Gasteiger partial charge in [-0.25, -0.2) is 13.2 Å². The van der Waals surface area contributed by atoms with E-state index in [-0.39, 0.29) is 29.9 Å². The van der Waals surface area contributed by atoms with Crippen molar-refractivity contribution < 1.29 is 48.2 Å². The van der Waals surface area contributed by atoms with Crippen molar-refractivity contribution in [3.8, 4) is 16.9 Å². The van der Waals surface area contributed by atoms with Gasteiger partial charge in [-0.05, 0) is 80.0 Å². The number of unbranched alkanes of at least 4 members (excludes halogenated alkanes) is 2. The number of amides is 2. The van der Waals surface area contributed by atoms with Crippen molar-refractivity contribution >= 4 is 27.5 Å². The van der Waals surface area contributed by atoms with Gasteiger partial charge in [0.1, 0.15) is 24.1 Å². The first-order valence-electron chi connectivity index (χ1n) is 17.1. The third kappa shape index (κ3) is 10.2. The molecule has 2 amide bonds. The van der Waals surface area contributed by atoms with E-state index < -0.39 is 59.0 Å². The van der Waals surface area contributed by atoms with Crippen LogP contribution in [0.15, 0.2) is 65.8 Å². The highest BCUT2D eigenvalue weighted by Crippen LogP contribution is 2.53. The van der Waals surface area contributed by atoms with Crippen LogP contribution in [-0.2, 0) is 26.8 Å². The molecule has 1 aromatic heterocycles. The van der Waals surface area contributed by atoms with E-state index in [2.05, 4.69) is 15.6 Å². The summed E-state index contributed by atoms with van der Waals surface area (Å²) >= 11 is 6.52. The number of aliphatic hydroxyl groups is 5. The van der Waals surface area contributed by atoms with Gasteiger partial charge < -0.3 is 45.6 Å². The molecule has 0 radical (unpaired) electrons. The molecule has 51 heavy (non-hydrogen) atoms. The third-order valence-corrected chi connectivity index (χ3v) is 11.3. The standard InChI is InChI=1S/C36H46ClN3O10S/c37-29-11-10-25(51(47,48)17-5-1-4-15-39-35(46)40-30(20-41)33(44)34(45)31(43)21-42)18-23(29)22-49-36(13-14-36)28-19-38-16-12-26(28)27-6-2-3-7-32(27)50-24-8-9-24/h2-3,6-7,10-12,16,18-19,24,30-31,33-34,41-45H,1,4-5,8-9,13-15,17,20-22H2,(H2,39,40,46)/t30-,31+,33?,34+/m0/s1. The molecule has 0 spiro atoms. The fraction of sp³-hybridized carbons (Fsp3) is 0.500. The number of pyridine rings is 1. The topological polar surface area (TPSA) is 208 Å². The third-order valence-electron chi connectivity index (χ3n) is 9.12. The lowest BCUT2D eigenvalue weighted by Gasteiger charge is -2.28. The minimum Gasteiger partial charge on any atom is -0.490 e. The first-order chi connectivity index (χ1) is 24.5. The number of sulfone groups is 1. The molecule has 1 heterocycles. The summed E-state index contributed by atoms with van der Waals surface area (Å²) in [5, 5.41) is 53.0. The lowest BCUT2D eigenvalue weighted by atomic mass is 9.96. The molecule has 2 aliphatic rings. The lowest BCUT2D eigenvalue weighted by molar-refractivity contribution is -0.0902. The number of ether oxygens (including phenoxy) is 2. The summed E-state index contributed by atoms with van der Waals surface area (Å²) in [6.07, 6.45) is 3.61. The zero-order valence-electron chi connectivity index (χ0n) is 28.2. The smallest absolute Gasteiger partial charge is 0.315 e. The summed E-state index contributed by atoms with van der Waals surface area (Å²) in [5.41, 5.74) is 2.89. The maximum absolute atomic E-state index is 13.2. The minimum atomic E-state index is -3.65. The molecule has 13 nitrogen and oxygen atoms in total. The summed E-state index contributed by atoms with van der Waals surface area (Å²) < 4.78 is 39.2. The number of nitrogens with one attached hydrogen (secondary N) is 2. The number of benzene rings is 2. The van der Waals surface area contributed by atoms with Gasteiger partial charge in [0.15, 0.2) is 9.84 Å². The van der Waals surface area contributed by atoms with E-state index >= 15 is 0 Å².